The van der Waals surface area contributed by atoms with Crippen molar-refractivity contribution in [2.45, 2.75) is 236 Å². The van der Waals surface area contributed by atoms with Crippen LogP contribution in [-0.2, 0) is 14.3 Å². The van der Waals surface area contributed by atoms with Gasteiger partial charge in [-0.1, -0.05) is 110 Å². The van der Waals surface area contributed by atoms with Gasteiger partial charge in [0.15, 0.2) is 60.9 Å². The van der Waals surface area contributed by atoms with Gasteiger partial charge < -0.3 is 90.5 Å². The first-order chi connectivity index (χ1) is 69.5. The van der Waals surface area contributed by atoms with Crippen LogP contribution in [0.3, 0.4) is 0 Å². The number of hydrogen-bond acceptors (Lipinski definition) is 28. The number of H-pyrrole nitrogens is 5. The molecule has 0 saturated carbocycles. The Balaban J connectivity index is 0.000000240. The Labute approximate surface area is 886 Å². The van der Waals surface area contributed by atoms with E-state index in [1.54, 1.807) is 142 Å². The van der Waals surface area contributed by atoms with Crippen LogP contribution in [0.2, 0.25) is 0 Å². The molecule has 15 aromatic rings. The quantitative estimate of drug-likeness (QED) is 0.0253. The van der Waals surface area contributed by atoms with Gasteiger partial charge in [-0.05, 0) is 193 Å². The number of hydrogen-bond donors (Lipinski definition) is 11. The molecule has 0 unspecified atom stereocenters. The van der Waals surface area contributed by atoms with Gasteiger partial charge in [-0.15, -0.1) is 45.3 Å². The average Bonchev–Trinajstić information content (AvgIpc) is 1.75. The summed E-state index contributed by atoms with van der Waals surface area (Å²) in [4.78, 5) is 132. The molecular weight excluding hydrogens is 1950 g/mol. The lowest BCUT2D eigenvalue weighted by Crippen LogP contribution is -2.42. The number of thiazole rings is 4. The minimum atomic E-state index is -0.926. The number of aromatic nitrogens is 11. The summed E-state index contributed by atoms with van der Waals surface area (Å²) in [5.41, 5.74) is 16.6. The Hall–Kier alpha value is -13.0. The highest BCUT2D eigenvalue weighted by atomic mass is 32.1. The predicted molar refractivity (Wildman–Crippen MR) is 618 cm³/mol. The number of nitrogens with one attached hydrogen (secondary N) is 9. The van der Waals surface area contributed by atoms with Gasteiger partial charge in [-0.2, -0.15) is 0 Å². The molecule has 35 heteroatoms. The van der Waals surface area contributed by atoms with Crippen LogP contribution in [0.15, 0.2) is 179 Å². The molecule has 0 bridgehead atoms. The number of amides is 2. The lowest BCUT2D eigenvalue weighted by atomic mass is 10.1. The number of aryl methyl sites for hydroxylation is 2. The molecular formula is C113H156N18O13S4. The van der Waals surface area contributed by atoms with Crippen molar-refractivity contribution in [1.82, 2.24) is 64.6 Å². The van der Waals surface area contributed by atoms with Crippen LogP contribution in [0.4, 0.5) is 20.5 Å². The lowest BCUT2D eigenvalue weighted by Gasteiger charge is -2.26. The van der Waals surface area contributed by atoms with E-state index in [2.05, 4.69) is 194 Å². The number of carbonyl (C=O) groups is 2. The number of benzene rings is 5. The molecule has 31 nitrogen and oxygen atoms in total. The van der Waals surface area contributed by atoms with E-state index < -0.39 is 11.1 Å². The zero-order chi connectivity index (χ0) is 110. The molecule has 12 N–H and O–H groups in total. The van der Waals surface area contributed by atoms with Gasteiger partial charge in [0.05, 0.1) is 110 Å². The first-order valence-electron chi connectivity index (χ1n) is 50.1. The number of ether oxygens (including phenoxy) is 5. The molecule has 1 saturated heterocycles. The van der Waals surface area contributed by atoms with E-state index in [-0.39, 0.29) is 70.9 Å². The Kier molecular flexibility index (Phi) is 48.3. The van der Waals surface area contributed by atoms with Gasteiger partial charge in [0.2, 0.25) is 0 Å². The standard InChI is InChI=1S/C21H24N4O4S.C19H22N4O3S.C19H24N4O2S.C19H23N3O3S.C15H13N3O.5C4H10/c1-13(2)22-21-24-18(12-30-21)17-10-19(26)15-4-3-14(9-16(15)23-17)29-11-20(27)25-5-7-28-8-6-25;1-11(2)20-19-22-16(10-27-19)15-8-17(24)13-6-5-12(7-14(13)21-15)26-9-18(25)23(3)4;1-11(2)21-18-23-16(9-26-18)15-8-17(24)13-6-5-12(7-14(13)22-15)25-10-19(3,4)20;1-11(2)20-18-22-16(9-26-18)15-8-17(23)13-6-5-12(7-14(13)21-15)25-10-19(3,4)24;1-9-3-4-11-12(5-9)18-13(6-15(11)19)14-8-16-7-10(2)17-14;5*1-4(2)3/h3-4,9-10,12-13H,5-8,11H2,1-2H3,(H,22,24)(H,23,26);5-8,10-11H,9H2,1-4H3,(H,20,22)(H,21,24);5-9,11H,10,20H2,1-4H3,(H,21,23)(H,22,24);5-9,11,24H,10H2,1-4H3,(H,20,22)(H,21,23);3-8H,1-2H3,(H,18,19);5*4H,1-3H3. The zero-order valence-electron chi connectivity index (χ0n) is 92.0. The third-order valence-electron chi connectivity index (χ3n) is 18.8. The van der Waals surface area contributed by atoms with Crippen molar-refractivity contribution in [3.05, 3.63) is 218 Å². The maximum absolute atomic E-state index is 12.6. The first kappa shape index (κ1) is 122. The maximum atomic E-state index is 12.6. The van der Waals surface area contributed by atoms with Crippen LogP contribution < -0.4 is 73.1 Å². The van der Waals surface area contributed by atoms with Crippen LogP contribution in [0.5, 0.6) is 23.0 Å². The van der Waals surface area contributed by atoms with Gasteiger partial charge in [0.25, 0.3) is 11.8 Å². The number of anilines is 4. The van der Waals surface area contributed by atoms with Crippen LogP contribution >= 0.6 is 45.3 Å². The average molecular weight is 2100 g/mol. The smallest absolute Gasteiger partial charge is 0.260 e. The molecule has 1 fully saturated rings. The first-order valence-corrected chi connectivity index (χ1v) is 53.7. The fourth-order valence-corrected chi connectivity index (χ4v) is 16.1. The summed E-state index contributed by atoms with van der Waals surface area (Å²) in [5.74, 6) is 6.26. The SMILES string of the molecule is CC(C)C.CC(C)C.CC(C)C.CC(C)C.CC(C)C.CC(C)Nc1nc(-c2cc(=O)c3ccc(OCC(=O)N(C)C)cc3[nH]2)cs1.CC(C)Nc1nc(-c2cc(=O)c3ccc(OCC(=O)N4CCOCC4)cc3[nH]2)cs1.CC(C)Nc1nc(-c2cc(=O)c3ccc(OCC(C)(C)N)cc3[nH]2)cs1.CC(C)Nc1nc(-c2cc(=O)c3ccc(OCC(C)(C)O)cc3[nH]2)cs1.Cc1ccc2c(=O)cc(-c3cncc(C)n3)[nH]c2c1. The van der Waals surface area contributed by atoms with Crippen molar-refractivity contribution in [3.63, 3.8) is 0 Å². The molecule has 1 aliphatic rings. The number of aromatic amines is 5. The largest absolute Gasteiger partial charge is 0.492 e. The minimum Gasteiger partial charge on any atom is -0.492 e. The Morgan fingerprint density at radius 1 is 0.399 bits per heavy atom. The number of pyridine rings is 5. The number of morpholine rings is 1. The highest BCUT2D eigenvalue weighted by Gasteiger charge is 2.22. The second kappa shape index (κ2) is 58.6. The van der Waals surface area contributed by atoms with Crippen LogP contribution in [-0.4, -0.2) is 184 Å². The molecule has 16 rings (SSSR count). The lowest BCUT2D eigenvalue weighted by molar-refractivity contribution is -0.137. The summed E-state index contributed by atoms with van der Waals surface area (Å²) in [5, 5.41) is 36.8. The number of aliphatic hydroxyl groups is 1. The highest BCUT2D eigenvalue weighted by Crippen LogP contribution is 2.33. The molecule has 0 atom stereocenters. The number of fused-ring (bicyclic) bond motifs is 5. The molecule has 0 radical (unpaired) electrons. The van der Waals surface area contributed by atoms with E-state index >= 15 is 0 Å². The molecule has 1 aliphatic heterocycles. The molecule has 11 heterocycles. The van der Waals surface area contributed by atoms with Crippen molar-refractivity contribution >= 4 is 132 Å². The molecule has 148 heavy (non-hydrogen) atoms. The van der Waals surface area contributed by atoms with E-state index in [1.165, 1.54) is 50.2 Å². The summed E-state index contributed by atoms with van der Waals surface area (Å²) in [6.45, 7) is 62.6. The van der Waals surface area contributed by atoms with E-state index in [4.69, 9.17) is 29.4 Å². The number of rotatable bonds is 25. The van der Waals surface area contributed by atoms with Gasteiger partial charge in [0, 0.05) is 166 Å². The van der Waals surface area contributed by atoms with E-state index in [9.17, 15) is 38.7 Å². The normalized spacial score (nSPS) is 11.7. The van der Waals surface area contributed by atoms with E-state index in [0.717, 1.165) is 78.3 Å². The number of nitrogens with two attached hydrogens (primary N) is 1. The van der Waals surface area contributed by atoms with Crippen LogP contribution in [0.25, 0.3) is 111 Å². The predicted octanol–water partition coefficient (Wildman–Crippen LogP) is 23.8. The van der Waals surface area contributed by atoms with E-state index in [0.29, 0.717) is 163 Å². The van der Waals surface area contributed by atoms with Gasteiger partial charge >= 0.3 is 0 Å². The Bertz CT molecular complexity index is 6840. The van der Waals surface area contributed by atoms with E-state index in [1.807, 2.05) is 115 Å². The number of nitrogens with zero attached hydrogens (tertiary/aromatic N) is 8. The van der Waals surface area contributed by atoms with Gasteiger partial charge in [0.1, 0.15) is 41.9 Å². The van der Waals surface area contributed by atoms with Crippen LogP contribution in [0, 0.1) is 43.4 Å². The highest BCUT2D eigenvalue weighted by molar-refractivity contribution is 7.15. The zero-order valence-corrected chi connectivity index (χ0v) is 95.3. The van der Waals surface area contributed by atoms with Crippen molar-refractivity contribution in [1.29, 1.82) is 0 Å². The third kappa shape index (κ3) is 43.0. The summed E-state index contributed by atoms with van der Waals surface area (Å²) >= 11 is 6.00. The number of likely N-dealkylation sites (N-methyl/N-ethyl adjacent to an activating group) is 1. The van der Waals surface area contributed by atoms with Crippen molar-refractivity contribution in [2.24, 2.45) is 35.3 Å². The summed E-state index contributed by atoms with van der Waals surface area (Å²) in [7, 11) is 3.35. The second-order valence-corrected chi connectivity index (χ2v) is 45.3. The topological polar surface area (TPSA) is 423 Å². The molecule has 2 amide bonds. The fourth-order valence-electron chi connectivity index (χ4n) is 12.6. The molecule has 0 spiro atoms. The van der Waals surface area contributed by atoms with Crippen molar-refractivity contribution in [3.8, 4) is 79.9 Å². The van der Waals surface area contributed by atoms with Crippen LogP contribution in [0.1, 0.15) is 198 Å². The maximum Gasteiger partial charge on any atom is 0.260 e. The fraction of sp³-hybridized carbons (Fsp3) is 0.442. The summed E-state index contributed by atoms with van der Waals surface area (Å²) < 4.78 is 27.8. The second-order valence-electron chi connectivity index (χ2n) is 41.9. The molecule has 0 aliphatic carbocycles. The Morgan fingerprint density at radius 2 is 0.676 bits per heavy atom. The van der Waals surface area contributed by atoms with Crippen molar-refractivity contribution in [2.75, 3.05) is 88.1 Å². The van der Waals surface area contributed by atoms with Gasteiger partial charge in [-0.25, -0.2) is 24.9 Å². The monoisotopic (exact) mass is 2100 g/mol. The molecule has 10 aromatic heterocycles. The number of carbonyl (C=O) groups excluding carboxylic acids is 2. The van der Waals surface area contributed by atoms with Gasteiger partial charge in [-0.3, -0.25) is 38.5 Å². The Morgan fingerprint density at radius 3 is 0.959 bits per heavy atom. The minimum absolute atomic E-state index is 0.00736. The molecule has 800 valence electrons. The summed E-state index contributed by atoms with van der Waals surface area (Å²) in [6, 6.07) is 35.6. The third-order valence-corrected chi connectivity index (χ3v) is 21.9. The van der Waals surface area contributed by atoms with Crippen molar-refractivity contribution < 1.29 is 38.4 Å². The molecule has 5 aromatic carbocycles. The summed E-state index contributed by atoms with van der Waals surface area (Å²) in [6.07, 6.45) is 3.34.